The lowest BCUT2D eigenvalue weighted by Crippen LogP contribution is -2.58. The Morgan fingerprint density at radius 2 is 0.889 bits per heavy atom. The monoisotopic (exact) mass is 560 g/mol. The van der Waals surface area contributed by atoms with E-state index in [1.807, 2.05) is 0 Å². The minimum absolute atomic E-state index is 0. The van der Waals surface area contributed by atoms with Crippen molar-refractivity contribution in [1.29, 1.82) is 0 Å². The molecule has 19 N–H and O–H groups in total. The van der Waals surface area contributed by atoms with Gasteiger partial charge in [0.15, 0.2) is 18.5 Å². The molecule has 224 valence electrons. The number of ether oxygens (including phenoxy) is 2. The topological polar surface area (TPSA) is 470 Å². The van der Waals surface area contributed by atoms with E-state index in [2.05, 4.69) is 9.47 Å². The van der Waals surface area contributed by atoms with Crippen molar-refractivity contribution < 1.29 is 103 Å². The molecule has 0 saturated carbocycles. The average molecular weight is 560 g/mol. The molecular weight excluding hydrogens is 528 g/mol. The number of carbonyl (C=O) groups is 1. The Hall–Kier alpha value is -2.05. The Kier molecular flexibility index (Phi) is 46.5. The highest BCUT2D eigenvalue weighted by Gasteiger charge is 2.43. The van der Waals surface area contributed by atoms with Crippen LogP contribution in [0.5, 0.6) is 0 Å². The van der Waals surface area contributed by atoms with Crippen LogP contribution in [0.1, 0.15) is 0 Å². The summed E-state index contributed by atoms with van der Waals surface area (Å²) in [7, 11) is 0. The van der Waals surface area contributed by atoms with Crippen molar-refractivity contribution in [1.82, 2.24) is 0 Å². The maximum absolute atomic E-state index is 10.7. The summed E-state index contributed by atoms with van der Waals surface area (Å²) in [6.45, 7) is -1.11. The van der Waals surface area contributed by atoms with Gasteiger partial charge in [0, 0.05) is 19.9 Å². The summed E-state index contributed by atoms with van der Waals surface area (Å²) < 4.78 is 8.96. The molecule has 0 aromatic heterocycles. The fraction of sp³-hybridized carbons (Fsp3) is 0.917. The van der Waals surface area contributed by atoms with Gasteiger partial charge in [-0.2, -0.15) is 0 Å². The lowest BCUT2D eigenvalue weighted by Gasteiger charge is -2.37. The first kappa shape index (κ1) is 50.7. The second-order valence-corrected chi connectivity index (χ2v) is 5.30. The van der Waals surface area contributed by atoms with Crippen LogP contribution in [0.25, 0.3) is 0 Å². The van der Waals surface area contributed by atoms with Gasteiger partial charge in [0.05, 0.1) is 13.2 Å². The fourth-order valence-corrected chi connectivity index (χ4v) is 2.06. The van der Waals surface area contributed by atoms with Gasteiger partial charge in [0.1, 0.15) is 36.6 Å². The summed E-state index contributed by atoms with van der Waals surface area (Å²) in [5, 5.41) is 116. The van der Waals surface area contributed by atoms with Crippen molar-refractivity contribution >= 4 is 5.97 Å². The van der Waals surface area contributed by atoms with Crippen molar-refractivity contribution in [2.45, 2.75) is 55.1 Å². The normalized spacial score (nSPS) is 31.3. The summed E-state index contributed by atoms with van der Waals surface area (Å²) in [5.41, 5.74) is 0. The molecule has 0 bridgehead atoms. The lowest BCUT2D eigenvalue weighted by molar-refractivity contribution is -0.286. The van der Waals surface area contributed by atoms with Crippen molar-refractivity contribution in [3.05, 3.63) is 19.9 Å². The van der Waals surface area contributed by atoms with Gasteiger partial charge in [-0.05, 0) is 0 Å². The van der Waals surface area contributed by atoms with E-state index in [9.17, 15) is 4.79 Å². The maximum atomic E-state index is 10.7. The van der Waals surface area contributed by atoms with Crippen LogP contribution in [0.2, 0.25) is 0 Å². The Labute approximate surface area is 198 Å². The number of aliphatic hydroxyl groups is 9. The Bertz CT molecular complexity index is 433. The number of cyclic esters (lactones) is 1. The number of carbonyl (C=O) groups excluding carboxylic acids is 1. The second kappa shape index (κ2) is 33.0. The summed E-state index contributed by atoms with van der Waals surface area (Å²) >= 11 is 0. The fourth-order valence-electron chi connectivity index (χ4n) is 2.06. The van der Waals surface area contributed by atoms with E-state index in [1.165, 1.54) is 0 Å². The van der Waals surface area contributed by atoms with Crippen LogP contribution >= 0.6 is 0 Å². The highest BCUT2D eigenvalue weighted by molar-refractivity contribution is 5.76. The quantitative estimate of drug-likeness (QED) is 0.0846. The van der Waals surface area contributed by atoms with Gasteiger partial charge in [-0.25, -0.2) is 4.79 Å². The average Bonchev–Trinajstić information content (AvgIpc) is 2.92. The molecule has 24 nitrogen and oxygen atoms in total. The van der Waals surface area contributed by atoms with Gasteiger partial charge in [0.25, 0.3) is 0 Å². The Morgan fingerprint density at radius 3 is 1.22 bits per heavy atom. The second-order valence-electron chi connectivity index (χ2n) is 5.30. The van der Waals surface area contributed by atoms with Gasteiger partial charge in [-0.3, -0.25) is 31.5 Å². The first-order valence-electron chi connectivity index (χ1n) is 7.93. The third kappa shape index (κ3) is 17.4. The van der Waals surface area contributed by atoms with Crippen LogP contribution in [-0.2, 0) is 14.3 Å². The van der Waals surface area contributed by atoms with Crippen molar-refractivity contribution in [3.8, 4) is 0 Å². The predicted molar refractivity (Wildman–Crippen MR) is 107 cm³/mol. The zero-order chi connectivity index (χ0) is 28.6. The van der Waals surface area contributed by atoms with E-state index >= 15 is 0 Å². The van der Waals surface area contributed by atoms with Gasteiger partial charge >= 0.3 is 5.97 Å². The number of esters is 1. The standard InChI is InChI=1S/C6H12O6.C6H10O6.3H2O2.2O2.2H2O/c2*7-1-2-3(8)4(9)5(10)6(11)12-2;5*1-2;;/h2-11H,1H2;2-5,7-10H,1H2;3*1-2H;;;2*1H2. The van der Waals surface area contributed by atoms with Crippen LogP contribution in [-0.4, -0.2) is 163 Å². The third-order valence-electron chi connectivity index (χ3n) is 3.61. The van der Waals surface area contributed by atoms with Crippen LogP contribution in [0.4, 0.5) is 0 Å². The van der Waals surface area contributed by atoms with Gasteiger partial charge in [0.2, 0.25) is 0 Å². The zero-order valence-corrected chi connectivity index (χ0v) is 17.7. The van der Waals surface area contributed by atoms with Crippen molar-refractivity contribution in [2.24, 2.45) is 0 Å². The molecule has 9 atom stereocenters. The van der Waals surface area contributed by atoms with E-state index < -0.39 is 74.3 Å². The molecule has 9 unspecified atom stereocenters. The van der Waals surface area contributed by atoms with Crippen molar-refractivity contribution in [2.75, 3.05) is 13.2 Å². The minimum atomic E-state index is -1.73. The number of rotatable bonds is 2. The van der Waals surface area contributed by atoms with Crippen LogP contribution in [0, 0.1) is 19.9 Å². The van der Waals surface area contributed by atoms with E-state index in [0.717, 1.165) is 0 Å². The SMILES string of the molecule is O.O.O=C1OC(CO)C(O)C(O)C1O.O=O.O=O.OCC1OC(O)C(O)C(O)C1O.OO.OO.OO. The van der Waals surface area contributed by atoms with E-state index in [-0.39, 0.29) is 11.0 Å². The van der Waals surface area contributed by atoms with Crippen molar-refractivity contribution in [3.63, 3.8) is 0 Å². The third-order valence-corrected chi connectivity index (χ3v) is 3.61. The number of hydrogen-bond donors (Lipinski definition) is 15. The number of hydrogen-bond acceptors (Lipinski definition) is 22. The van der Waals surface area contributed by atoms with Gasteiger partial charge in [-0.1, -0.05) is 0 Å². The molecule has 0 aliphatic carbocycles. The lowest BCUT2D eigenvalue weighted by atomic mass is 10.00. The van der Waals surface area contributed by atoms with Gasteiger partial charge in [-0.15, -0.1) is 0 Å². The van der Waals surface area contributed by atoms with Gasteiger partial charge < -0.3 is 66.4 Å². The predicted octanol–water partition coefficient (Wildman–Crippen LogP) is -7.70. The molecule has 0 amide bonds. The summed E-state index contributed by atoms with van der Waals surface area (Å²) in [6.07, 6.45) is -13.0. The van der Waals surface area contributed by atoms with E-state index in [1.54, 1.807) is 0 Å². The van der Waals surface area contributed by atoms with Crippen LogP contribution < -0.4 is 0 Å². The molecule has 24 heteroatoms. The molecule has 2 heterocycles. The molecular formula is C12H32O24. The summed E-state index contributed by atoms with van der Waals surface area (Å²) in [6, 6.07) is 0. The highest BCUT2D eigenvalue weighted by atomic mass is 17.0. The Balaban J connectivity index is -0.0000000665. The van der Waals surface area contributed by atoms with Crippen LogP contribution in [0.15, 0.2) is 0 Å². The smallest absolute Gasteiger partial charge is 0.338 e. The minimum Gasteiger partial charge on any atom is -0.455 e. The first-order valence-corrected chi connectivity index (χ1v) is 7.93. The molecule has 0 spiro atoms. The largest absolute Gasteiger partial charge is 0.455 e. The molecule has 2 saturated heterocycles. The van der Waals surface area contributed by atoms with E-state index in [4.69, 9.17) is 97.4 Å². The zero-order valence-electron chi connectivity index (χ0n) is 17.7. The molecule has 2 rings (SSSR count). The summed E-state index contributed by atoms with van der Waals surface area (Å²) in [5.74, 6) is -1.04. The maximum Gasteiger partial charge on any atom is 0.338 e. The molecule has 0 aromatic rings. The molecule has 2 aliphatic heterocycles. The number of aliphatic hydroxyl groups excluding tert-OH is 9. The first-order chi connectivity index (χ1) is 16.1. The molecule has 0 aromatic carbocycles. The highest BCUT2D eigenvalue weighted by Crippen LogP contribution is 2.19. The molecule has 0 radical (unpaired) electrons. The van der Waals surface area contributed by atoms with Crippen LogP contribution in [0.3, 0.4) is 0 Å². The summed E-state index contributed by atoms with van der Waals surface area (Å²) in [4.78, 5) is 38.7. The molecule has 2 fully saturated rings. The molecule has 36 heavy (non-hydrogen) atoms. The Morgan fingerprint density at radius 1 is 0.556 bits per heavy atom. The molecule has 2 aliphatic rings. The van der Waals surface area contributed by atoms with E-state index in [0.29, 0.717) is 0 Å².